The van der Waals surface area contributed by atoms with Crippen molar-refractivity contribution in [3.8, 4) is 22.8 Å². The van der Waals surface area contributed by atoms with Gasteiger partial charge in [0.2, 0.25) is 0 Å². The SMILES string of the molecule is [B]N(Cc1nc(-c2cccc(C)n2)c(-c2ccc3ncccc3n2)[nH]1)Cc1ccccc1C. The van der Waals surface area contributed by atoms with Crippen molar-refractivity contribution >= 4 is 19.0 Å². The summed E-state index contributed by atoms with van der Waals surface area (Å²) in [6.45, 7) is 5.15. The molecule has 0 aliphatic rings. The average molecular weight is 430 g/mol. The van der Waals surface area contributed by atoms with Gasteiger partial charge in [0.25, 0.3) is 0 Å². The van der Waals surface area contributed by atoms with Crippen LogP contribution in [0.2, 0.25) is 0 Å². The van der Waals surface area contributed by atoms with Gasteiger partial charge in [0, 0.05) is 25.0 Å². The normalized spacial score (nSPS) is 11.4. The van der Waals surface area contributed by atoms with E-state index in [-0.39, 0.29) is 0 Å². The fourth-order valence-electron chi connectivity index (χ4n) is 3.89. The highest BCUT2D eigenvalue weighted by Gasteiger charge is 2.18. The van der Waals surface area contributed by atoms with E-state index in [1.54, 1.807) is 11.0 Å². The number of aromatic nitrogens is 5. The number of nitrogens with zero attached hydrogens (tertiary/aromatic N) is 5. The largest absolute Gasteiger partial charge is 0.344 e. The molecule has 6 nitrogen and oxygen atoms in total. The maximum Gasteiger partial charge on any atom is 0.183 e. The molecular formula is C26H23BN6. The Bertz CT molecular complexity index is 1430. The van der Waals surface area contributed by atoms with E-state index in [0.29, 0.717) is 13.1 Å². The highest BCUT2D eigenvalue weighted by Crippen LogP contribution is 2.29. The molecule has 0 fully saturated rings. The van der Waals surface area contributed by atoms with Crippen LogP contribution in [0.15, 0.2) is 72.9 Å². The molecule has 5 aromatic rings. The molecular weight excluding hydrogens is 407 g/mol. The third-order valence-electron chi connectivity index (χ3n) is 5.58. The highest BCUT2D eigenvalue weighted by atomic mass is 15.1. The summed E-state index contributed by atoms with van der Waals surface area (Å²) < 4.78 is 0. The zero-order valence-electron chi connectivity index (χ0n) is 18.7. The summed E-state index contributed by atoms with van der Waals surface area (Å²) in [4.78, 5) is 24.0. The molecule has 0 spiro atoms. The van der Waals surface area contributed by atoms with Crippen molar-refractivity contribution in [2.75, 3.05) is 0 Å². The van der Waals surface area contributed by atoms with Gasteiger partial charge in [-0.05, 0) is 61.4 Å². The number of aryl methyl sites for hydroxylation is 2. The minimum atomic E-state index is 0.461. The number of benzene rings is 1. The predicted molar refractivity (Wildman–Crippen MR) is 131 cm³/mol. The molecule has 0 saturated carbocycles. The van der Waals surface area contributed by atoms with Crippen molar-refractivity contribution in [1.29, 1.82) is 0 Å². The van der Waals surface area contributed by atoms with Crippen LogP contribution in [0.1, 0.15) is 22.6 Å². The predicted octanol–water partition coefficient (Wildman–Crippen LogP) is 4.78. The van der Waals surface area contributed by atoms with Crippen LogP contribution in [-0.4, -0.2) is 37.7 Å². The number of H-pyrrole nitrogens is 1. The summed E-state index contributed by atoms with van der Waals surface area (Å²) in [6.07, 6.45) is 1.77. The van der Waals surface area contributed by atoms with Gasteiger partial charge < -0.3 is 9.79 Å². The third-order valence-corrected chi connectivity index (χ3v) is 5.58. The molecule has 0 amide bonds. The van der Waals surface area contributed by atoms with E-state index in [9.17, 15) is 0 Å². The maximum absolute atomic E-state index is 6.38. The number of hydrogen-bond donors (Lipinski definition) is 1. The Kier molecular flexibility index (Phi) is 5.71. The minimum Gasteiger partial charge on any atom is -0.344 e. The summed E-state index contributed by atoms with van der Waals surface area (Å²) in [7, 11) is 6.38. The van der Waals surface area contributed by atoms with Gasteiger partial charge in [0.1, 0.15) is 11.5 Å². The van der Waals surface area contributed by atoms with Gasteiger partial charge in [-0.3, -0.25) is 9.97 Å². The zero-order chi connectivity index (χ0) is 22.8. The Labute approximate surface area is 194 Å². The number of rotatable bonds is 6. The molecule has 7 heteroatoms. The lowest BCUT2D eigenvalue weighted by Crippen LogP contribution is -2.20. The number of hydrogen-bond acceptors (Lipinski definition) is 5. The molecule has 5 rings (SSSR count). The summed E-state index contributed by atoms with van der Waals surface area (Å²) in [5.41, 5.74) is 8.17. The van der Waals surface area contributed by atoms with Crippen molar-refractivity contribution in [1.82, 2.24) is 29.7 Å². The molecule has 160 valence electrons. The second-order valence-corrected chi connectivity index (χ2v) is 8.14. The van der Waals surface area contributed by atoms with Crippen LogP contribution in [0.5, 0.6) is 0 Å². The Morgan fingerprint density at radius 2 is 1.67 bits per heavy atom. The number of nitrogens with one attached hydrogen (secondary N) is 1. The van der Waals surface area contributed by atoms with E-state index in [1.165, 1.54) is 11.1 Å². The fraction of sp³-hybridized carbons (Fsp3) is 0.154. The number of aromatic amines is 1. The monoisotopic (exact) mass is 430 g/mol. The molecule has 0 atom stereocenters. The molecule has 0 unspecified atom stereocenters. The topological polar surface area (TPSA) is 70.6 Å². The molecule has 0 aliphatic heterocycles. The summed E-state index contributed by atoms with van der Waals surface area (Å²) in [6, 6.07) is 21.9. The highest BCUT2D eigenvalue weighted by molar-refractivity contribution is 6.04. The molecule has 0 saturated heterocycles. The lowest BCUT2D eigenvalue weighted by Gasteiger charge is -2.17. The first-order valence-electron chi connectivity index (χ1n) is 10.9. The average Bonchev–Trinajstić information content (AvgIpc) is 3.24. The summed E-state index contributed by atoms with van der Waals surface area (Å²) >= 11 is 0. The van der Waals surface area contributed by atoms with Crippen LogP contribution < -0.4 is 0 Å². The van der Waals surface area contributed by atoms with Crippen LogP contribution in [0.3, 0.4) is 0 Å². The standard InChI is InChI=1S/C26H23BN6/c1-17-7-3-4-9-19(17)15-33(27)16-24-31-25(22-10-5-8-18(2)29-22)26(32-24)23-13-12-20-21(30-23)11-6-14-28-20/h3-14H,15-16H2,1-2H3,(H,31,32). The molecule has 1 N–H and O–H groups in total. The maximum atomic E-state index is 6.38. The minimum absolute atomic E-state index is 0.461. The molecule has 0 aliphatic carbocycles. The van der Waals surface area contributed by atoms with Gasteiger partial charge in [-0.2, -0.15) is 0 Å². The lowest BCUT2D eigenvalue weighted by atomic mass is 10.1. The second kappa shape index (κ2) is 8.96. The molecule has 4 heterocycles. The number of imidazole rings is 1. The first kappa shape index (κ1) is 21.0. The van der Waals surface area contributed by atoms with Crippen LogP contribution in [-0.2, 0) is 13.1 Å². The molecule has 0 bridgehead atoms. The first-order valence-corrected chi connectivity index (χ1v) is 10.9. The van der Waals surface area contributed by atoms with Crippen molar-refractivity contribution in [3.05, 3.63) is 95.6 Å². The summed E-state index contributed by atoms with van der Waals surface area (Å²) in [5, 5.41) is 0. The van der Waals surface area contributed by atoms with E-state index in [4.69, 9.17) is 22.9 Å². The molecule has 2 radical (unpaired) electrons. The van der Waals surface area contributed by atoms with E-state index in [0.717, 1.165) is 45.3 Å². The molecule has 1 aromatic carbocycles. The van der Waals surface area contributed by atoms with Crippen LogP contribution in [0, 0.1) is 13.8 Å². The van der Waals surface area contributed by atoms with Gasteiger partial charge >= 0.3 is 0 Å². The van der Waals surface area contributed by atoms with Crippen molar-refractivity contribution in [3.63, 3.8) is 0 Å². The fourth-order valence-corrected chi connectivity index (χ4v) is 3.89. The smallest absolute Gasteiger partial charge is 0.183 e. The van der Waals surface area contributed by atoms with Gasteiger partial charge in [-0.15, -0.1) is 0 Å². The summed E-state index contributed by atoms with van der Waals surface area (Å²) in [5.74, 6) is 0.757. The van der Waals surface area contributed by atoms with E-state index in [2.05, 4.69) is 29.0 Å². The zero-order valence-corrected chi connectivity index (χ0v) is 18.7. The molecule has 4 aromatic heterocycles. The Hall–Kier alpha value is -3.84. The number of fused-ring (bicyclic) bond motifs is 1. The van der Waals surface area contributed by atoms with Crippen LogP contribution in [0.4, 0.5) is 0 Å². The lowest BCUT2D eigenvalue weighted by molar-refractivity contribution is 0.431. The van der Waals surface area contributed by atoms with E-state index in [1.807, 2.05) is 61.5 Å². The Balaban J connectivity index is 1.52. The first-order chi connectivity index (χ1) is 16.1. The van der Waals surface area contributed by atoms with E-state index >= 15 is 0 Å². The van der Waals surface area contributed by atoms with E-state index < -0.39 is 0 Å². The van der Waals surface area contributed by atoms with Crippen LogP contribution in [0.25, 0.3) is 33.8 Å². The van der Waals surface area contributed by atoms with Crippen LogP contribution >= 0.6 is 0 Å². The Morgan fingerprint density at radius 1 is 0.788 bits per heavy atom. The van der Waals surface area contributed by atoms with Gasteiger partial charge in [-0.25, -0.2) is 9.97 Å². The second-order valence-electron chi connectivity index (χ2n) is 8.14. The Morgan fingerprint density at radius 3 is 2.52 bits per heavy atom. The number of pyridine rings is 3. The molecule has 33 heavy (non-hydrogen) atoms. The van der Waals surface area contributed by atoms with Crippen molar-refractivity contribution in [2.45, 2.75) is 26.9 Å². The van der Waals surface area contributed by atoms with Gasteiger partial charge in [0.05, 0.1) is 28.1 Å². The third kappa shape index (κ3) is 4.54. The van der Waals surface area contributed by atoms with Gasteiger partial charge in [-0.1, -0.05) is 30.3 Å². The quantitative estimate of drug-likeness (QED) is 0.393. The van der Waals surface area contributed by atoms with Crippen molar-refractivity contribution in [2.24, 2.45) is 0 Å². The van der Waals surface area contributed by atoms with Crippen molar-refractivity contribution < 1.29 is 0 Å². The van der Waals surface area contributed by atoms with Gasteiger partial charge in [0.15, 0.2) is 7.98 Å².